The molecule has 27 heavy (non-hydrogen) atoms. The molecular formula is C27H28. The van der Waals surface area contributed by atoms with Crippen molar-refractivity contribution in [3.05, 3.63) is 125 Å². The Hall–Kier alpha value is -2.86. The molecule has 0 aromatic heterocycles. The quantitative estimate of drug-likeness (QED) is 0.495. The first-order chi connectivity index (χ1) is 13.1. The summed E-state index contributed by atoms with van der Waals surface area (Å²) < 4.78 is 0. The van der Waals surface area contributed by atoms with Gasteiger partial charge in [0, 0.05) is 0 Å². The third kappa shape index (κ3) is 2.51. The van der Waals surface area contributed by atoms with Crippen molar-refractivity contribution in [1.29, 1.82) is 0 Å². The van der Waals surface area contributed by atoms with Crippen LogP contribution >= 0.6 is 0 Å². The first-order valence-corrected chi connectivity index (χ1v) is 9.54. The van der Waals surface area contributed by atoms with Crippen molar-refractivity contribution in [2.75, 3.05) is 0 Å². The predicted octanol–water partition coefficient (Wildman–Crippen LogP) is 7.42. The standard InChI is InChI=1S/C27H28/c1-7-11-17-24-20(6)22-16-12-13-18-26(22)27(24)23(14-8-2)19(5)21(10-4)25(27)15-9-3/h7-18H,1,3H2,2,4-6H3/b14-8-,17-11-,21-10-,25-15+. The van der Waals surface area contributed by atoms with Gasteiger partial charge in [0.1, 0.15) is 0 Å². The van der Waals surface area contributed by atoms with E-state index in [1.807, 2.05) is 18.2 Å². The molecule has 1 aromatic rings. The van der Waals surface area contributed by atoms with Gasteiger partial charge in [0.05, 0.1) is 5.41 Å². The van der Waals surface area contributed by atoms with Gasteiger partial charge in [0.15, 0.2) is 0 Å². The minimum Gasteiger partial charge on any atom is -0.0991 e. The second kappa shape index (κ2) is 7.40. The number of rotatable bonds is 4. The van der Waals surface area contributed by atoms with Crippen molar-refractivity contribution in [2.24, 2.45) is 0 Å². The third-order valence-electron chi connectivity index (χ3n) is 5.75. The molecular weight excluding hydrogens is 324 g/mol. The van der Waals surface area contributed by atoms with Gasteiger partial charge in [-0.1, -0.05) is 86.0 Å². The molecule has 2 aliphatic carbocycles. The highest BCUT2D eigenvalue weighted by Crippen LogP contribution is 2.62. The largest absolute Gasteiger partial charge is 0.0991 e. The highest BCUT2D eigenvalue weighted by atomic mass is 14.5. The zero-order valence-electron chi connectivity index (χ0n) is 16.8. The summed E-state index contributed by atoms with van der Waals surface area (Å²) in [5.41, 5.74) is 10.3. The van der Waals surface area contributed by atoms with Crippen LogP contribution < -0.4 is 0 Å². The fourth-order valence-corrected chi connectivity index (χ4v) is 4.80. The van der Waals surface area contributed by atoms with Gasteiger partial charge in [0.25, 0.3) is 0 Å². The average molecular weight is 353 g/mol. The van der Waals surface area contributed by atoms with Crippen molar-refractivity contribution < 1.29 is 0 Å². The van der Waals surface area contributed by atoms with E-state index in [2.05, 4.69) is 95.5 Å². The normalized spacial score (nSPS) is 25.0. The number of hydrogen-bond donors (Lipinski definition) is 0. The second-order valence-corrected chi connectivity index (χ2v) is 6.99. The maximum Gasteiger partial charge on any atom is 0.0718 e. The molecule has 0 radical (unpaired) electrons. The van der Waals surface area contributed by atoms with Crippen LogP contribution in [-0.4, -0.2) is 0 Å². The van der Waals surface area contributed by atoms with Crippen LogP contribution in [0.15, 0.2) is 114 Å². The zero-order chi connectivity index (χ0) is 19.6. The molecule has 136 valence electrons. The van der Waals surface area contributed by atoms with Crippen LogP contribution in [-0.2, 0) is 5.41 Å². The Balaban J connectivity index is 2.55. The summed E-state index contributed by atoms with van der Waals surface area (Å²) >= 11 is 0. The molecule has 1 atom stereocenters. The predicted molar refractivity (Wildman–Crippen MR) is 120 cm³/mol. The molecule has 0 heterocycles. The van der Waals surface area contributed by atoms with E-state index in [0.29, 0.717) is 0 Å². The highest BCUT2D eigenvalue weighted by Gasteiger charge is 2.52. The van der Waals surface area contributed by atoms with Crippen molar-refractivity contribution in [3.8, 4) is 0 Å². The molecule has 0 amide bonds. The average Bonchev–Trinajstić information content (AvgIpc) is 3.06. The van der Waals surface area contributed by atoms with E-state index in [-0.39, 0.29) is 5.41 Å². The Bertz CT molecular complexity index is 983. The van der Waals surface area contributed by atoms with E-state index in [1.165, 1.54) is 44.6 Å². The van der Waals surface area contributed by atoms with Crippen LogP contribution in [0, 0.1) is 0 Å². The maximum atomic E-state index is 4.02. The van der Waals surface area contributed by atoms with Crippen molar-refractivity contribution in [2.45, 2.75) is 33.1 Å². The van der Waals surface area contributed by atoms with Gasteiger partial charge in [-0.15, -0.1) is 0 Å². The molecule has 1 unspecified atom stereocenters. The maximum absolute atomic E-state index is 4.02. The van der Waals surface area contributed by atoms with Crippen LogP contribution in [0.1, 0.15) is 38.8 Å². The lowest BCUT2D eigenvalue weighted by Gasteiger charge is -2.33. The van der Waals surface area contributed by atoms with Crippen LogP contribution in [0.4, 0.5) is 0 Å². The summed E-state index contributed by atoms with van der Waals surface area (Å²) in [5.74, 6) is 0. The van der Waals surface area contributed by atoms with Gasteiger partial charge >= 0.3 is 0 Å². The molecule has 0 fully saturated rings. The van der Waals surface area contributed by atoms with E-state index >= 15 is 0 Å². The van der Waals surface area contributed by atoms with Gasteiger partial charge in [-0.05, 0) is 72.3 Å². The summed E-state index contributed by atoms with van der Waals surface area (Å²) in [6, 6.07) is 8.79. The number of benzene rings is 1. The van der Waals surface area contributed by atoms with Crippen molar-refractivity contribution in [1.82, 2.24) is 0 Å². The lowest BCUT2D eigenvalue weighted by atomic mass is 9.68. The molecule has 0 aliphatic heterocycles. The lowest BCUT2D eigenvalue weighted by molar-refractivity contribution is 0.774. The first kappa shape index (κ1) is 18.9. The molecule has 3 rings (SSSR count). The van der Waals surface area contributed by atoms with Crippen LogP contribution in [0.3, 0.4) is 0 Å². The van der Waals surface area contributed by atoms with Gasteiger partial charge in [-0.2, -0.15) is 0 Å². The summed E-state index contributed by atoms with van der Waals surface area (Å²) in [5, 5.41) is 0. The number of allylic oxidation sites excluding steroid dienone is 14. The van der Waals surface area contributed by atoms with Crippen LogP contribution in [0.5, 0.6) is 0 Å². The highest BCUT2D eigenvalue weighted by molar-refractivity contribution is 5.91. The molecule has 1 spiro atoms. The van der Waals surface area contributed by atoms with E-state index in [0.717, 1.165) is 0 Å². The monoisotopic (exact) mass is 352 g/mol. The molecule has 0 heteroatoms. The molecule has 0 saturated heterocycles. The van der Waals surface area contributed by atoms with Crippen LogP contribution in [0.2, 0.25) is 0 Å². The zero-order valence-corrected chi connectivity index (χ0v) is 16.8. The first-order valence-electron chi connectivity index (χ1n) is 9.54. The van der Waals surface area contributed by atoms with Crippen molar-refractivity contribution in [3.63, 3.8) is 0 Å². The van der Waals surface area contributed by atoms with E-state index in [9.17, 15) is 0 Å². The number of hydrogen-bond acceptors (Lipinski definition) is 0. The summed E-state index contributed by atoms with van der Waals surface area (Å²) in [4.78, 5) is 0. The van der Waals surface area contributed by atoms with Crippen LogP contribution in [0.25, 0.3) is 5.57 Å². The minimum atomic E-state index is -0.299. The molecule has 0 nitrogen and oxygen atoms in total. The topological polar surface area (TPSA) is 0 Å². The fraction of sp³-hybridized carbons (Fsp3) is 0.185. The van der Waals surface area contributed by atoms with E-state index < -0.39 is 0 Å². The SMILES string of the molecule is C=C/C=C\C1=C(C)c2ccccc2C12C(/C=C\C)=C(C)C(=C/C)/C2=C\C=C. The fourth-order valence-electron chi connectivity index (χ4n) is 4.80. The molecule has 0 bridgehead atoms. The third-order valence-corrected chi connectivity index (χ3v) is 5.75. The Morgan fingerprint density at radius 2 is 1.59 bits per heavy atom. The summed E-state index contributed by atoms with van der Waals surface area (Å²) in [6.07, 6.45) is 16.9. The molecule has 2 aliphatic rings. The smallest absolute Gasteiger partial charge is 0.0718 e. The minimum absolute atomic E-state index is 0.299. The molecule has 0 saturated carbocycles. The summed E-state index contributed by atoms with van der Waals surface area (Å²) in [6.45, 7) is 16.6. The van der Waals surface area contributed by atoms with Crippen molar-refractivity contribution >= 4 is 5.57 Å². The van der Waals surface area contributed by atoms with Gasteiger partial charge in [0.2, 0.25) is 0 Å². The molecule has 0 N–H and O–H groups in total. The number of fused-ring (bicyclic) bond motifs is 2. The lowest BCUT2D eigenvalue weighted by Crippen LogP contribution is -2.28. The van der Waals surface area contributed by atoms with Gasteiger partial charge in [-0.25, -0.2) is 0 Å². The Morgan fingerprint density at radius 1 is 0.889 bits per heavy atom. The summed E-state index contributed by atoms with van der Waals surface area (Å²) in [7, 11) is 0. The Morgan fingerprint density at radius 3 is 2.22 bits per heavy atom. The van der Waals surface area contributed by atoms with Gasteiger partial charge < -0.3 is 0 Å². The van der Waals surface area contributed by atoms with E-state index in [4.69, 9.17) is 0 Å². The molecule has 1 aromatic carbocycles. The Labute approximate surface area is 164 Å². The Kier molecular flexibility index (Phi) is 5.19. The van der Waals surface area contributed by atoms with Gasteiger partial charge in [-0.3, -0.25) is 0 Å². The van der Waals surface area contributed by atoms with E-state index in [1.54, 1.807) is 0 Å². The second-order valence-electron chi connectivity index (χ2n) is 6.99.